The number of alkyl halides is 3. The molecule has 4 rings (SSSR count). The van der Waals surface area contributed by atoms with Crippen LogP contribution < -0.4 is 0 Å². The van der Waals surface area contributed by atoms with Crippen molar-refractivity contribution in [1.82, 2.24) is 14.7 Å². The molecule has 2 aliphatic rings. The maximum atomic E-state index is 14.9. The smallest absolute Gasteiger partial charge is 0.330 e. The van der Waals surface area contributed by atoms with Gasteiger partial charge in [-0.05, 0) is 89.5 Å². The Balaban J connectivity index is 1.78. The Labute approximate surface area is 240 Å². The van der Waals surface area contributed by atoms with Gasteiger partial charge in [0, 0.05) is 37.0 Å². The molecular weight excluding hydrogens is 534 g/mol. The average Bonchev–Trinajstić information content (AvgIpc) is 3.43. The highest BCUT2D eigenvalue weighted by atomic mass is 19.4. The highest BCUT2D eigenvalue weighted by Gasteiger charge is 2.52. The molecule has 0 radical (unpaired) electrons. The third-order valence-corrected chi connectivity index (χ3v) is 8.75. The van der Waals surface area contributed by atoms with Crippen molar-refractivity contribution >= 4 is 11.7 Å². The van der Waals surface area contributed by atoms with Gasteiger partial charge < -0.3 is 14.7 Å². The normalized spacial score (nSPS) is 23.8. The summed E-state index contributed by atoms with van der Waals surface area (Å²) in [5.41, 5.74) is 2.15. The van der Waals surface area contributed by atoms with E-state index in [2.05, 4.69) is 9.80 Å². The molecule has 0 spiro atoms. The van der Waals surface area contributed by atoms with E-state index in [-0.39, 0.29) is 31.7 Å². The van der Waals surface area contributed by atoms with Crippen LogP contribution in [-0.2, 0) is 4.79 Å². The van der Waals surface area contributed by atoms with Crippen LogP contribution in [0.5, 0.6) is 0 Å². The molecular formula is C32H41F4N3O2. The molecule has 2 saturated heterocycles. The lowest BCUT2D eigenvalue weighted by Gasteiger charge is -2.45. The van der Waals surface area contributed by atoms with Gasteiger partial charge in [-0.3, -0.25) is 9.59 Å². The number of nitrogens with zero attached hydrogens (tertiary/aromatic N) is 3. The lowest BCUT2D eigenvalue weighted by molar-refractivity contribution is -0.185. The molecule has 224 valence electrons. The second-order valence-corrected chi connectivity index (χ2v) is 11.9. The molecule has 0 saturated carbocycles. The molecule has 41 heavy (non-hydrogen) atoms. The summed E-state index contributed by atoms with van der Waals surface area (Å²) >= 11 is 0. The summed E-state index contributed by atoms with van der Waals surface area (Å²) < 4.78 is 56.8. The SMILES string of the molecule is Cc1ccccc1C(=O)C1CN(CCCCN(C)C)CC(C(=O)N2CCC[C@H]2C(F)(F)F)C1c1cccc(F)c1C. The van der Waals surface area contributed by atoms with Crippen molar-refractivity contribution in [2.45, 2.75) is 57.7 Å². The van der Waals surface area contributed by atoms with Crippen molar-refractivity contribution < 1.29 is 27.2 Å². The van der Waals surface area contributed by atoms with E-state index < -0.39 is 41.7 Å². The van der Waals surface area contributed by atoms with Crippen molar-refractivity contribution in [3.8, 4) is 0 Å². The van der Waals surface area contributed by atoms with Gasteiger partial charge in [0.15, 0.2) is 5.78 Å². The van der Waals surface area contributed by atoms with Crippen LogP contribution in [0, 0.1) is 31.5 Å². The number of ketones is 1. The summed E-state index contributed by atoms with van der Waals surface area (Å²) in [6, 6.07) is 9.98. The maximum Gasteiger partial charge on any atom is 0.408 e. The van der Waals surface area contributed by atoms with E-state index in [1.807, 2.05) is 33.2 Å². The summed E-state index contributed by atoms with van der Waals surface area (Å²) in [7, 11) is 3.98. The van der Waals surface area contributed by atoms with Crippen molar-refractivity contribution in [3.63, 3.8) is 0 Å². The van der Waals surface area contributed by atoms with E-state index in [1.165, 1.54) is 6.07 Å². The summed E-state index contributed by atoms with van der Waals surface area (Å²) in [4.78, 5) is 33.5. The van der Waals surface area contributed by atoms with E-state index >= 15 is 0 Å². The molecule has 2 aliphatic heterocycles. The number of carbonyl (C=O) groups excluding carboxylic acids is 2. The fourth-order valence-corrected chi connectivity index (χ4v) is 6.61. The third-order valence-electron chi connectivity index (χ3n) is 8.75. The van der Waals surface area contributed by atoms with Crippen LogP contribution in [-0.4, -0.2) is 85.4 Å². The van der Waals surface area contributed by atoms with Gasteiger partial charge in [-0.1, -0.05) is 36.4 Å². The van der Waals surface area contributed by atoms with Gasteiger partial charge in [-0.15, -0.1) is 0 Å². The molecule has 2 heterocycles. The second-order valence-electron chi connectivity index (χ2n) is 11.9. The lowest BCUT2D eigenvalue weighted by atomic mass is 9.69. The number of aryl methyl sites for hydroxylation is 1. The number of amides is 1. The van der Waals surface area contributed by atoms with E-state index in [1.54, 1.807) is 31.2 Å². The van der Waals surface area contributed by atoms with Crippen LogP contribution in [0.25, 0.3) is 0 Å². The number of halogens is 4. The molecule has 9 heteroatoms. The van der Waals surface area contributed by atoms with Gasteiger partial charge >= 0.3 is 6.18 Å². The summed E-state index contributed by atoms with van der Waals surface area (Å²) in [5.74, 6) is -3.62. The number of likely N-dealkylation sites (tertiary alicyclic amines) is 2. The highest BCUT2D eigenvalue weighted by Crippen LogP contribution is 2.44. The third kappa shape index (κ3) is 7.00. The van der Waals surface area contributed by atoms with Crippen molar-refractivity contribution in [2.24, 2.45) is 11.8 Å². The quantitative estimate of drug-likeness (QED) is 0.214. The zero-order valence-electron chi connectivity index (χ0n) is 24.4. The molecule has 1 amide bonds. The zero-order valence-corrected chi connectivity index (χ0v) is 24.4. The topological polar surface area (TPSA) is 43.9 Å². The van der Waals surface area contributed by atoms with Gasteiger partial charge in [0.05, 0.1) is 5.92 Å². The van der Waals surface area contributed by atoms with Crippen LogP contribution in [0.15, 0.2) is 42.5 Å². The van der Waals surface area contributed by atoms with Crippen molar-refractivity contribution in [1.29, 1.82) is 0 Å². The van der Waals surface area contributed by atoms with Crippen molar-refractivity contribution in [2.75, 3.05) is 46.8 Å². The molecule has 0 N–H and O–H groups in total. The van der Waals surface area contributed by atoms with E-state index in [0.29, 0.717) is 29.8 Å². The van der Waals surface area contributed by atoms with Crippen LogP contribution in [0.1, 0.15) is 58.6 Å². The molecule has 2 aromatic carbocycles. The Hall–Kier alpha value is -2.78. The highest BCUT2D eigenvalue weighted by molar-refractivity contribution is 6.00. The molecule has 3 unspecified atom stereocenters. The first kappa shape index (κ1) is 31.2. The van der Waals surface area contributed by atoms with Crippen LogP contribution in [0.2, 0.25) is 0 Å². The van der Waals surface area contributed by atoms with E-state index in [0.717, 1.165) is 29.8 Å². The molecule has 5 nitrogen and oxygen atoms in total. The number of hydrogen-bond acceptors (Lipinski definition) is 4. The Morgan fingerprint density at radius 2 is 1.68 bits per heavy atom. The molecule has 4 atom stereocenters. The number of benzene rings is 2. The molecule has 0 aromatic heterocycles. The second kappa shape index (κ2) is 13.0. The first-order chi connectivity index (χ1) is 19.4. The molecule has 0 aliphatic carbocycles. The number of rotatable bonds is 9. The minimum Gasteiger partial charge on any atom is -0.330 e. The largest absolute Gasteiger partial charge is 0.408 e. The van der Waals surface area contributed by atoms with Gasteiger partial charge in [0.2, 0.25) is 5.91 Å². The molecule has 0 bridgehead atoms. The van der Waals surface area contributed by atoms with Gasteiger partial charge in [0.25, 0.3) is 0 Å². The first-order valence-electron chi connectivity index (χ1n) is 14.5. The fraction of sp³-hybridized carbons (Fsp3) is 0.562. The van der Waals surface area contributed by atoms with Gasteiger partial charge in [-0.2, -0.15) is 13.2 Å². The summed E-state index contributed by atoms with van der Waals surface area (Å²) in [6.45, 7) is 5.55. The average molecular weight is 576 g/mol. The molecule has 2 aromatic rings. The first-order valence-corrected chi connectivity index (χ1v) is 14.5. The maximum absolute atomic E-state index is 14.9. The van der Waals surface area contributed by atoms with Gasteiger partial charge in [0.1, 0.15) is 11.9 Å². The predicted octanol–water partition coefficient (Wildman–Crippen LogP) is 5.85. The summed E-state index contributed by atoms with van der Waals surface area (Å²) in [6.07, 6.45) is -2.67. The number of unbranched alkanes of at least 4 members (excludes halogenated alkanes) is 1. The number of hydrogen-bond donors (Lipinski definition) is 0. The monoisotopic (exact) mass is 575 g/mol. The number of carbonyl (C=O) groups is 2. The summed E-state index contributed by atoms with van der Waals surface area (Å²) in [5, 5.41) is 0. The number of Topliss-reactive ketones (excluding diaryl/α,β-unsaturated/α-hetero) is 1. The Kier molecular flexibility index (Phi) is 9.90. The van der Waals surface area contributed by atoms with Gasteiger partial charge in [-0.25, -0.2) is 4.39 Å². The zero-order chi connectivity index (χ0) is 29.9. The van der Waals surface area contributed by atoms with Crippen LogP contribution >= 0.6 is 0 Å². The van der Waals surface area contributed by atoms with E-state index in [9.17, 15) is 27.2 Å². The standard InChI is InChI=1S/C32H41F4N3O2/c1-21-11-5-6-12-23(21)30(40)25-19-38(17-8-7-16-37(3)4)20-26(29(25)24-13-9-14-27(33)22(24)2)31(41)39-18-10-15-28(39)32(34,35)36/h5-6,9,11-14,25-26,28-29H,7-8,10,15-20H2,1-4H3/t25?,26?,28-,29?/m0/s1. The van der Waals surface area contributed by atoms with Crippen LogP contribution in [0.3, 0.4) is 0 Å². The van der Waals surface area contributed by atoms with E-state index in [4.69, 9.17) is 0 Å². The fourth-order valence-electron chi connectivity index (χ4n) is 6.61. The minimum atomic E-state index is -4.53. The Morgan fingerprint density at radius 3 is 2.37 bits per heavy atom. The van der Waals surface area contributed by atoms with Crippen LogP contribution in [0.4, 0.5) is 17.6 Å². The predicted molar refractivity (Wildman–Crippen MR) is 151 cm³/mol. The Bertz CT molecular complexity index is 1230. The van der Waals surface area contributed by atoms with Crippen molar-refractivity contribution in [3.05, 3.63) is 70.5 Å². The Morgan fingerprint density at radius 1 is 0.976 bits per heavy atom. The molecule has 2 fully saturated rings. The minimum absolute atomic E-state index is 0.0214. The lowest BCUT2D eigenvalue weighted by Crippen LogP contribution is -2.55. The number of piperidine rings is 1.